The minimum Gasteiger partial charge on any atom is -0.481 e. The maximum absolute atomic E-state index is 11.6. The average Bonchev–Trinajstić information content (AvgIpc) is 2.74. The summed E-state index contributed by atoms with van der Waals surface area (Å²) in [4.78, 5) is 22.5. The smallest absolute Gasteiger partial charge is 0.407 e. The van der Waals surface area contributed by atoms with E-state index in [0.717, 1.165) is 0 Å². The molecule has 0 aromatic carbocycles. The minimum atomic E-state index is -1.12. The van der Waals surface area contributed by atoms with E-state index >= 15 is 0 Å². The first-order valence-electron chi connectivity index (χ1n) is 6.93. The maximum atomic E-state index is 11.6. The molecule has 20 heavy (non-hydrogen) atoms. The summed E-state index contributed by atoms with van der Waals surface area (Å²) < 4.78 is 5.10. The van der Waals surface area contributed by atoms with Crippen LogP contribution >= 0.6 is 0 Å². The molecule has 116 valence electrons. The van der Waals surface area contributed by atoms with E-state index in [0.29, 0.717) is 19.3 Å². The van der Waals surface area contributed by atoms with Crippen molar-refractivity contribution in [1.29, 1.82) is 0 Å². The van der Waals surface area contributed by atoms with Crippen LogP contribution in [0.1, 0.15) is 47.0 Å². The van der Waals surface area contributed by atoms with E-state index in [4.69, 9.17) is 9.84 Å². The summed E-state index contributed by atoms with van der Waals surface area (Å²) in [6.07, 6.45) is 1.09. The van der Waals surface area contributed by atoms with Crippen LogP contribution in [0, 0.1) is 11.8 Å². The highest BCUT2D eigenvalue weighted by atomic mass is 16.6. The molecule has 3 atom stereocenters. The van der Waals surface area contributed by atoms with Crippen molar-refractivity contribution >= 4 is 12.1 Å². The van der Waals surface area contributed by atoms with Gasteiger partial charge in [-0.2, -0.15) is 0 Å². The quantitative estimate of drug-likeness (QED) is 0.732. The molecule has 0 bridgehead atoms. The molecule has 0 spiro atoms. The Balaban J connectivity index is 2.46. The lowest BCUT2D eigenvalue weighted by atomic mass is 9.87. The fourth-order valence-electron chi connectivity index (χ4n) is 2.48. The van der Waals surface area contributed by atoms with Crippen molar-refractivity contribution < 1.29 is 24.5 Å². The van der Waals surface area contributed by atoms with E-state index in [1.807, 2.05) is 0 Å². The SMILES string of the molecule is CC(C)(C)OC(=O)NC[C@@](C)(O)C1CCC(C(=O)O)C1. The lowest BCUT2D eigenvalue weighted by Gasteiger charge is -2.31. The molecule has 1 rings (SSSR count). The number of alkyl carbamates (subject to hydrolysis) is 1. The monoisotopic (exact) mass is 287 g/mol. The molecule has 1 aliphatic rings. The summed E-state index contributed by atoms with van der Waals surface area (Å²) in [5.41, 5.74) is -1.71. The van der Waals surface area contributed by atoms with Crippen LogP contribution in [0.5, 0.6) is 0 Å². The van der Waals surface area contributed by atoms with Gasteiger partial charge in [0.25, 0.3) is 0 Å². The first-order valence-corrected chi connectivity index (χ1v) is 6.93. The molecule has 1 amide bonds. The number of hydrogen-bond acceptors (Lipinski definition) is 4. The number of carboxylic acid groups (broad SMARTS) is 1. The van der Waals surface area contributed by atoms with Crippen LogP contribution in [0.15, 0.2) is 0 Å². The fourth-order valence-corrected chi connectivity index (χ4v) is 2.48. The highest BCUT2D eigenvalue weighted by Crippen LogP contribution is 2.37. The summed E-state index contributed by atoms with van der Waals surface area (Å²) in [6, 6.07) is 0. The largest absolute Gasteiger partial charge is 0.481 e. The lowest BCUT2D eigenvalue weighted by Crippen LogP contribution is -2.46. The van der Waals surface area contributed by atoms with E-state index in [9.17, 15) is 14.7 Å². The number of amides is 1. The molecular formula is C14H25NO5. The third kappa shape index (κ3) is 5.00. The maximum Gasteiger partial charge on any atom is 0.407 e. The zero-order valence-electron chi connectivity index (χ0n) is 12.6. The molecule has 3 N–H and O–H groups in total. The summed E-state index contributed by atoms with van der Waals surface area (Å²) in [5.74, 6) is -1.34. The Labute approximate surface area is 119 Å². The number of carboxylic acids is 1. The summed E-state index contributed by atoms with van der Waals surface area (Å²) in [6.45, 7) is 6.97. The van der Waals surface area contributed by atoms with Gasteiger partial charge >= 0.3 is 12.1 Å². The molecule has 0 aromatic heterocycles. The van der Waals surface area contributed by atoms with Gasteiger partial charge in [0.15, 0.2) is 0 Å². The van der Waals surface area contributed by atoms with Gasteiger partial charge in [-0.1, -0.05) is 0 Å². The molecule has 0 aliphatic heterocycles. The summed E-state index contributed by atoms with van der Waals surface area (Å²) in [7, 11) is 0. The molecule has 6 heteroatoms. The first kappa shape index (κ1) is 16.8. The van der Waals surface area contributed by atoms with Crippen LogP contribution in [0.4, 0.5) is 4.79 Å². The van der Waals surface area contributed by atoms with Gasteiger partial charge in [0.2, 0.25) is 0 Å². The first-order chi connectivity index (χ1) is 9.01. The number of ether oxygens (including phenoxy) is 1. The molecule has 1 fully saturated rings. The molecule has 6 nitrogen and oxygen atoms in total. The summed E-state index contributed by atoms with van der Waals surface area (Å²) in [5, 5.41) is 21.9. The number of aliphatic hydroxyl groups is 1. The molecule has 2 unspecified atom stereocenters. The van der Waals surface area contributed by atoms with Crippen LogP contribution in [0.2, 0.25) is 0 Å². The average molecular weight is 287 g/mol. The van der Waals surface area contributed by atoms with Gasteiger partial charge in [-0.05, 0) is 52.9 Å². The van der Waals surface area contributed by atoms with Gasteiger partial charge < -0.3 is 20.3 Å². The Bertz CT molecular complexity index is 372. The van der Waals surface area contributed by atoms with Crippen LogP contribution in [-0.2, 0) is 9.53 Å². The second kappa shape index (κ2) is 5.99. The van der Waals surface area contributed by atoms with Crippen molar-refractivity contribution in [2.45, 2.75) is 58.2 Å². The van der Waals surface area contributed by atoms with E-state index in [1.165, 1.54) is 0 Å². The van der Waals surface area contributed by atoms with E-state index in [2.05, 4.69) is 5.32 Å². The van der Waals surface area contributed by atoms with Gasteiger partial charge in [-0.25, -0.2) is 4.79 Å². The second-order valence-electron chi connectivity index (χ2n) is 6.76. The standard InChI is InChI=1S/C14H25NO5/c1-13(2,3)20-12(18)15-8-14(4,19)10-6-5-9(7-10)11(16)17/h9-10,19H,5-8H2,1-4H3,(H,15,18)(H,16,17)/t9?,10?,14-/m1/s1. The predicted octanol–water partition coefficient (Wildman–Crippen LogP) is 1.76. The van der Waals surface area contributed by atoms with Crippen molar-refractivity contribution in [2.24, 2.45) is 11.8 Å². The Morgan fingerprint density at radius 2 is 1.85 bits per heavy atom. The number of carbonyl (C=O) groups is 2. The number of rotatable bonds is 4. The molecule has 0 heterocycles. The van der Waals surface area contributed by atoms with Crippen molar-refractivity contribution in [3.05, 3.63) is 0 Å². The lowest BCUT2D eigenvalue weighted by molar-refractivity contribution is -0.141. The van der Waals surface area contributed by atoms with E-state index in [1.54, 1.807) is 27.7 Å². The van der Waals surface area contributed by atoms with Gasteiger partial charge in [0.1, 0.15) is 5.60 Å². The number of nitrogens with one attached hydrogen (secondary N) is 1. The molecule has 1 aliphatic carbocycles. The van der Waals surface area contributed by atoms with Crippen LogP contribution < -0.4 is 5.32 Å². The van der Waals surface area contributed by atoms with Crippen LogP contribution in [-0.4, -0.2) is 40.0 Å². The van der Waals surface area contributed by atoms with Crippen LogP contribution in [0.3, 0.4) is 0 Å². The van der Waals surface area contributed by atoms with Crippen molar-refractivity contribution in [3.8, 4) is 0 Å². The van der Waals surface area contributed by atoms with Gasteiger partial charge in [0, 0.05) is 6.54 Å². The predicted molar refractivity (Wildman–Crippen MR) is 73.3 cm³/mol. The zero-order valence-corrected chi connectivity index (χ0v) is 12.6. The van der Waals surface area contributed by atoms with Crippen molar-refractivity contribution in [1.82, 2.24) is 5.32 Å². The van der Waals surface area contributed by atoms with Crippen LogP contribution in [0.25, 0.3) is 0 Å². The highest BCUT2D eigenvalue weighted by molar-refractivity contribution is 5.70. The van der Waals surface area contributed by atoms with Crippen molar-refractivity contribution in [2.75, 3.05) is 6.54 Å². The third-order valence-corrected chi connectivity index (χ3v) is 3.65. The molecule has 0 aromatic rings. The normalized spacial score (nSPS) is 25.9. The topological polar surface area (TPSA) is 95.9 Å². The van der Waals surface area contributed by atoms with Crippen molar-refractivity contribution in [3.63, 3.8) is 0 Å². The molecule has 1 saturated carbocycles. The van der Waals surface area contributed by atoms with E-state index < -0.39 is 29.2 Å². The second-order valence-corrected chi connectivity index (χ2v) is 6.76. The fraction of sp³-hybridized carbons (Fsp3) is 0.857. The molecule has 0 radical (unpaired) electrons. The number of carbonyl (C=O) groups excluding carboxylic acids is 1. The number of hydrogen-bond donors (Lipinski definition) is 3. The minimum absolute atomic E-state index is 0.0545. The summed E-state index contributed by atoms with van der Waals surface area (Å²) >= 11 is 0. The third-order valence-electron chi connectivity index (χ3n) is 3.65. The number of aliphatic carboxylic acids is 1. The zero-order chi connectivity index (χ0) is 15.6. The highest BCUT2D eigenvalue weighted by Gasteiger charge is 2.40. The van der Waals surface area contributed by atoms with Gasteiger partial charge in [-0.15, -0.1) is 0 Å². The molecule has 0 saturated heterocycles. The Morgan fingerprint density at radius 1 is 1.25 bits per heavy atom. The Morgan fingerprint density at radius 3 is 2.30 bits per heavy atom. The molecular weight excluding hydrogens is 262 g/mol. The Hall–Kier alpha value is -1.30. The van der Waals surface area contributed by atoms with E-state index in [-0.39, 0.29) is 12.5 Å². The van der Waals surface area contributed by atoms with Gasteiger partial charge in [-0.3, -0.25) is 4.79 Å². The van der Waals surface area contributed by atoms with Gasteiger partial charge in [0.05, 0.1) is 11.5 Å². The Kier molecular flexibility index (Phi) is 5.02.